The highest BCUT2D eigenvalue weighted by Gasteiger charge is 2.21. The molecular weight excluding hydrogens is 272 g/mol. The Labute approximate surface area is 124 Å². The molecule has 0 saturated carbocycles. The smallest absolute Gasteiger partial charge is 0.326 e. The number of carbonyl (C=O) groups is 2. The minimum Gasteiger partial charge on any atom is -0.480 e. The molecule has 1 rings (SSSR count). The average molecular weight is 294 g/mol. The van der Waals surface area contributed by atoms with Gasteiger partial charge in [-0.15, -0.1) is 0 Å². The quantitative estimate of drug-likeness (QED) is 0.667. The summed E-state index contributed by atoms with van der Waals surface area (Å²) < 4.78 is 0. The lowest BCUT2D eigenvalue weighted by Gasteiger charge is -2.23. The van der Waals surface area contributed by atoms with Crippen LogP contribution >= 0.6 is 0 Å². The first kappa shape index (κ1) is 17.0. The number of hydrogen-bond donors (Lipinski definition) is 4. The van der Waals surface area contributed by atoms with E-state index >= 15 is 0 Å². The number of carbonyl (C=O) groups excluding carboxylic acids is 1. The molecule has 6 heteroatoms. The lowest BCUT2D eigenvalue weighted by molar-refractivity contribution is -0.139. The molecule has 0 radical (unpaired) electrons. The number of carboxylic acid groups (broad SMARTS) is 1. The molecule has 6 nitrogen and oxygen atoms in total. The molecule has 0 unspecified atom stereocenters. The first-order chi connectivity index (χ1) is 9.75. The van der Waals surface area contributed by atoms with Gasteiger partial charge in [-0.25, -0.2) is 9.59 Å². The Balaban J connectivity index is 2.82. The molecule has 0 aliphatic rings. The molecule has 0 aliphatic heterocycles. The highest BCUT2D eigenvalue weighted by atomic mass is 16.4. The fourth-order valence-corrected chi connectivity index (χ4v) is 1.95. The van der Waals surface area contributed by atoms with E-state index in [2.05, 4.69) is 10.6 Å². The second kappa shape index (κ2) is 7.08. The van der Waals surface area contributed by atoms with Gasteiger partial charge in [-0.2, -0.15) is 0 Å². The molecule has 1 aromatic carbocycles. The third-order valence-corrected chi connectivity index (χ3v) is 3.00. The van der Waals surface area contributed by atoms with Crippen molar-refractivity contribution < 1.29 is 19.8 Å². The van der Waals surface area contributed by atoms with Crippen molar-refractivity contribution in [3.05, 3.63) is 29.8 Å². The molecule has 21 heavy (non-hydrogen) atoms. The summed E-state index contributed by atoms with van der Waals surface area (Å²) in [7, 11) is 0. The van der Waals surface area contributed by atoms with E-state index < -0.39 is 18.0 Å². The van der Waals surface area contributed by atoms with Crippen LogP contribution in [-0.4, -0.2) is 34.9 Å². The van der Waals surface area contributed by atoms with Crippen LogP contribution in [-0.2, 0) is 10.2 Å². The summed E-state index contributed by atoms with van der Waals surface area (Å²) in [6.07, 6.45) is -0.0380. The van der Waals surface area contributed by atoms with Crippen molar-refractivity contribution in [3.8, 4) is 0 Å². The van der Waals surface area contributed by atoms with Gasteiger partial charge in [0.25, 0.3) is 0 Å². The molecule has 1 atom stereocenters. The van der Waals surface area contributed by atoms with Crippen LogP contribution in [0.25, 0.3) is 0 Å². The maximum Gasteiger partial charge on any atom is 0.326 e. The third-order valence-electron chi connectivity index (χ3n) is 3.00. The number of urea groups is 1. The van der Waals surface area contributed by atoms with Crippen molar-refractivity contribution in [2.45, 2.75) is 38.6 Å². The number of aliphatic hydroxyl groups excluding tert-OH is 1. The SMILES string of the molecule is CC(C)(C)c1ccccc1NC(=O)N[C@@H](CCO)C(=O)O. The van der Waals surface area contributed by atoms with E-state index in [0.29, 0.717) is 5.69 Å². The lowest BCUT2D eigenvalue weighted by Crippen LogP contribution is -2.43. The molecule has 0 bridgehead atoms. The van der Waals surface area contributed by atoms with Gasteiger partial charge in [-0.3, -0.25) is 0 Å². The summed E-state index contributed by atoms with van der Waals surface area (Å²) in [5.41, 5.74) is 1.44. The van der Waals surface area contributed by atoms with Crippen LogP contribution < -0.4 is 10.6 Å². The Bertz CT molecular complexity index is 509. The number of nitrogens with one attached hydrogen (secondary N) is 2. The van der Waals surface area contributed by atoms with Crippen LogP contribution in [0.1, 0.15) is 32.8 Å². The van der Waals surface area contributed by atoms with Crippen LogP contribution in [0.15, 0.2) is 24.3 Å². The summed E-state index contributed by atoms with van der Waals surface area (Å²) in [6, 6.07) is 5.65. The lowest BCUT2D eigenvalue weighted by atomic mass is 9.86. The fourth-order valence-electron chi connectivity index (χ4n) is 1.95. The Morgan fingerprint density at radius 3 is 2.38 bits per heavy atom. The van der Waals surface area contributed by atoms with Crippen LogP contribution in [0.2, 0.25) is 0 Å². The van der Waals surface area contributed by atoms with E-state index in [9.17, 15) is 9.59 Å². The van der Waals surface area contributed by atoms with Gasteiger partial charge in [0.1, 0.15) is 6.04 Å². The minimum atomic E-state index is -1.18. The van der Waals surface area contributed by atoms with E-state index in [1.165, 1.54) is 0 Å². The number of benzene rings is 1. The van der Waals surface area contributed by atoms with E-state index in [4.69, 9.17) is 10.2 Å². The van der Waals surface area contributed by atoms with Gasteiger partial charge in [0.15, 0.2) is 0 Å². The first-order valence-electron chi connectivity index (χ1n) is 6.76. The molecule has 4 N–H and O–H groups in total. The number of rotatable bonds is 5. The molecule has 1 aromatic rings. The summed E-state index contributed by atoms with van der Waals surface area (Å²) in [5, 5.41) is 22.8. The average Bonchev–Trinajstić information content (AvgIpc) is 2.37. The summed E-state index contributed by atoms with van der Waals surface area (Å²) in [4.78, 5) is 22.9. The number of aliphatic hydroxyl groups is 1. The van der Waals surface area contributed by atoms with Gasteiger partial charge in [-0.05, 0) is 17.0 Å². The Morgan fingerprint density at radius 2 is 1.86 bits per heavy atom. The Morgan fingerprint density at radius 1 is 1.24 bits per heavy atom. The van der Waals surface area contributed by atoms with Crippen molar-refractivity contribution in [1.29, 1.82) is 0 Å². The topological polar surface area (TPSA) is 98.7 Å². The number of hydrogen-bond acceptors (Lipinski definition) is 3. The van der Waals surface area contributed by atoms with E-state index in [1.54, 1.807) is 12.1 Å². The van der Waals surface area contributed by atoms with Crippen LogP contribution in [0.5, 0.6) is 0 Å². The van der Waals surface area contributed by atoms with Gasteiger partial charge < -0.3 is 20.8 Å². The van der Waals surface area contributed by atoms with Gasteiger partial charge >= 0.3 is 12.0 Å². The molecule has 0 saturated heterocycles. The van der Waals surface area contributed by atoms with Crippen LogP contribution in [0.3, 0.4) is 0 Å². The zero-order chi connectivity index (χ0) is 16.0. The number of amides is 2. The zero-order valence-corrected chi connectivity index (χ0v) is 12.5. The standard InChI is InChI=1S/C15H22N2O4/c1-15(2,3)10-6-4-5-7-11(10)16-14(21)17-12(8-9-18)13(19)20/h4-7,12,18H,8-9H2,1-3H3,(H,19,20)(H2,16,17,21)/t12-/m0/s1. The molecule has 0 fully saturated rings. The van der Waals surface area contributed by atoms with Crippen molar-refractivity contribution >= 4 is 17.7 Å². The second-order valence-electron chi connectivity index (χ2n) is 5.80. The van der Waals surface area contributed by atoms with Crippen molar-refractivity contribution in [2.24, 2.45) is 0 Å². The maximum absolute atomic E-state index is 11.9. The monoisotopic (exact) mass is 294 g/mol. The summed E-state index contributed by atoms with van der Waals surface area (Å²) in [6.45, 7) is 5.77. The van der Waals surface area contributed by atoms with Gasteiger partial charge in [-0.1, -0.05) is 39.0 Å². The number of anilines is 1. The second-order valence-corrected chi connectivity index (χ2v) is 5.80. The van der Waals surface area contributed by atoms with Gasteiger partial charge in [0.05, 0.1) is 0 Å². The number of aliphatic carboxylic acids is 1. The number of para-hydroxylation sites is 1. The molecule has 0 heterocycles. The van der Waals surface area contributed by atoms with E-state index in [1.807, 2.05) is 32.9 Å². The van der Waals surface area contributed by atoms with Crippen molar-refractivity contribution in [2.75, 3.05) is 11.9 Å². The third kappa shape index (κ3) is 5.07. The van der Waals surface area contributed by atoms with Crippen LogP contribution in [0.4, 0.5) is 10.5 Å². The summed E-state index contributed by atoms with van der Waals surface area (Å²) >= 11 is 0. The molecule has 116 valence electrons. The van der Waals surface area contributed by atoms with Crippen molar-refractivity contribution in [1.82, 2.24) is 5.32 Å². The van der Waals surface area contributed by atoms with Crippen molar-refractivity contribution in [3.63, 3.8) is 0 Å². The van der Waals surface area contributed by atoms with E-state index in [0.717, 1.165) is 5.56 Å². The highest BCUT2D eigenvalue weighted by Crippen LogP contribution is 2.29. The van der Waals surface area contributed by atoms with E-state index in [-0.39, 0.29) is 18.4 Å². The van der Waals surface area contributed by atoms with Crippen LogP contribution in [0, 0.1) is 0 Å². The number of carboxylic acids is 1. The Kier molecular flexibility index (Phi) is 5.72. The molecule has 0 aromatic heterocycles. The predicted octanol–water partition coefficient (Wildman–Crippen LogP) is 1.94. The highest BCUT2D eigenvalue weighted by molar-refractivity contribution is 5.93. The Hall–Kier alpha value is -2.08. The maximum atomic E-state index is 11.9. The molecule has 0 spiro atoms. The largest absolute Gasteiger partial charge is 0.480 e. The predicted molar refractivity (Wildman–Crippen MR) is 80.4 cm³/mol. The normalized spacial score (nSPS) is 12.6. The molecule has 0 aliphatic carbocycles. The van der Waals surface area contributed by atoms with Gasteiger partial charge in [0.2, 0.25) is 0 Å². The molecular formula is C15H22N2O4. The minimum absolute atomic E-state index is 0.0380. The fraction of sp³-hybridized carbons (Fsp3) is 0.467. The van der Waals surface area contributed by atoms with Gasteiger partial charge in [0, 0.05) is 18.7 Å². The first-order valence-corrected chi connectivity index (χ1v) is 6.76. The summed E-state index contributed by atoms with van der Waals surface area (Å²) in [5.74, 6) is -1.18. The zero-order valence-electron chi connectivity index (χ0n) is 12.5. The molecule has 2 amide bonds.